The first-order valence-corrected chi connectivity index (χ1v) is 12.3. The standard InChI is InChI=1S/C29H35N5O/c1-19(2)21-7-9-23(10-8-21)29(35,28(4)17-33(5)18-28)24-12-22(14-30-15-24)25-13-26(32-31-25)27-11-20(3)16-34(27)6/h7-16,19,35H,17-18H2,1-6H3,(H,31,32)/t29-/m0/s1. The number of pyridine rings is 1. The van der Waals surface area contributed by atoms with Gasteiger partial charge in [-0.1, -0.05) is 45.0 Å². The molecule has 0 bridgehead atoms. The van der Waals surface area contributed by atoms with Crippen molar-refractivity contribution in [3.8, 4) is 22.6 Å². The first-order chi connectivity index (χ1) is 16.6. The van der Waals surface area contributed by atoms with Crippen LogP contribution >= 0.6 is 0 Å². The third-order valence-electron chi connectivity index (χ3n) is 7.55. The first kappa shape index (κ1) is 23.5. The Morgan fingerprint density at radius 1 is 1.03 bits per heavy atom. The van der Waals surface area contributed by atoms with Crippen molar-refractivity contribution in [2.75, 3.05) is 20.1 Å². The number of rotatable bonds is 6. The van der Waals surface area contributed by atoms with Gasteiger partial charge in [-0.2, -0.15) is 5.10 Å². The number of aryl methyl sites for hydroxylation is 2. The Bertz CT molecular complexity index is 1340. The highest BCUT2D eigenvalue weighted by Gasteiger charge is 2.55. The molecule has 3 aromatic heterocycles. The molecular formula is C29H35N5O. The van der Waals surface area contributed by atoms with Gasteiger partial charge in [0, 0.05) is 55.3 Å². The van der Waals surface area contributed by atoms with Gasteiger partial charge < -0.3 is 14.6 Å². The van der Waals surface area contributed by atoms with Crippen molar-refractivity contribution in [1.82, 2.24) is 24.6 Å². The van der Waals surface area contributed by atoms with Gasteiger partial charge in [-0.3, -0.25) is 10.1 Å². The lowest BCUT2D eigenvalue weighted by molar-refractivity contribution is -0.127. The molecule has 1 atom stereocenters. The van der Waals surface area contributed by atoms with Crippen molar-refractivity contribution < 1.29 is 5.11 Å². The number of nitrogens with one attached hydrogen (secondary N) is 1. The van der Waals surface area contributed by atoms with Crippen LogP contribution in [0.15, 0.2) is 61.1 Å². The van der Waals surface area contributed by atoms with Gasteiger partial charge in [0.2, 0.25) is 0 Å². The van der Waals surface area contributed by atoms with Crippen LogP contribution in [-0.4, -0.2) is 49.9 Å². The lowest BCUT2D eigenvalue weighted by atomic mass is 9.62. The minimum atomic E-state index is -1.17. The van der Waals surface area contributed by atoms with E-state index in [9.17, 15) is 5.11 Å². The van der Waals surface area contributed by atoms with Crippen LogP contribution in [0.2, 0.25) is 0 Å². The second-order valence-corrected chi connectivity index (χ2v) is 10.9. The molecule has 4 aromatic rings. The van der Waals surface area contributed by atoms with Gasteiger partial charge in [-0.05, 0) is 54.8 Å². The van der Waals surface area contributed by atoms with Gasteiger partial charge in [0.25, 0.3) is 0 Å². The van der Waals surface area contributed by atoms with Crippen molar-refractivity contribution in [1.29, 1.82) is 0 Å². The summed E-state index contributed by atoms with van der Waals surface area (Å²) in [6.45, 7) is 10.2. The van der Waals surface area contributed by atoms with Gasteiger partial charge >= 0.3 is 0 Å². The topological polar surface area (TPSA) is 70.0 Å². The molecule has 0 radical (unpaired) electrons. The molecule has 6 nitrogen and oxygen atoms in total. The molecule has 1 aliphatic heterocycles. The molecule has 6 heteroatoms. The van der Waals surface area contributed by atoms with Crippen molar-refractivity contribution in [2.45, 2.75) is 39.2 Å². The van der Waals surface area contributed by atoms with Gasteiger partial charge in [-0.15, -0.1) is 0 Å². The highest BCUT2D eigenvalue weighted by atomic mass is 16.3. The Labute approximate surface area is 207 Å². The van der Waals surface area contributed by atoms with E-state index in [1.165, 1.54) is 11.1 Å². The van der Waals surface area contributed by atoms with E-state index in [4.69, 9.17) is 0 Å². The maximum absolute atomic E-state index is 12.5. The van der Waals surface area contributed by atoms with Crippen LogP contribution in [0, 0.1) is 12.3 Å². The number of aromatic nitrogens is 4. The Hall–Kier alpha value is -3.22. The molecule has 35 heavy (non-hydrogen) atoms. The van der Waals surface area contributed by atoms with Crippen LogP contribution in [-0.2, 0) is 12.6 Å². The SMILES string of the molecule is Cc1cc(-c2cc(-c3cncc([C@@](O)(c4ccc(C(C)C)cc4)C4(C)CN(C)C4)c3)n[nH]2)n(C)c1. The lowest BCUT2D eigenvalue weighted by Gasteiger charge is -2.55. The Morgan fingerprint density at radius 3 is 2.34 bits per heavy atom. The molecule has 0 unspecified atom stereocenters. The molecular weight excluding hydrogens is 434 g/mol. The van der Waals surface area contributed by atoms with E-state index >= 15 is 0 Å². The van der Waals surface area contributed by atoms with Gasteiger partial charge in [0.1, 0.15) is 5.60 Å². The molecule has 1 fully saturated rings. The quantitative estimate of drug-likeness (QED) is 0.412. The van der Waals surface area contributed by atoms with Crippen molar-refractivity contribution in [3.63, 3.8) is 0 Å². The van der Waals surface area contributed by atoms with Crippen molar-refractivity contribution in [3.05, 3.63) is 83.3 Å². The van der Waals surface area contributed by atoms with Gasteiger partial charge in [-0.25, -0.2) is 0 Å². The summed E-state index contributed by atoms with van der Waals surface area (Å²) in [6, 6.07) is 14.7. The minimum absolute atomic E-state index is 0.335. The predicted molar refractivity (Wildman–Crippen MR) is 140 cm³/mol. The number of benzene rings is 1. The second-order valence-electron chi connectivity index (χ2n) is 10.9. The smallest absolute Gasteiger partial charge is 0.124 e. The number of likely N-dealkylation sites (tertiary alicyclic amines) is 1. The van der Waals surface area contributed by atoms with E-state index in [0.717, 1.165) is 46.9 Å². The zero-order valence-electron chi connectivity index (χ0n) is 21.5. The van der Waals surface area contributed by atoms with Gasteiger partial charge in [0.05, 0.1) is 17.1 Å². The summed E-state index contributed by atoms with van der Waals surface area (Å²) in [6.07, 6.45) is 5.72. The number of H-pyrrole nitrogens is 1. The van der Waals surface area contributed by atoms with Crippen LogP contribution < -0.4 is 0 Å². The monoisotopic (exact) mass is 469 g/mol. The van der Waals surface area contributed by atoms with Crippen LogP contribution in [0.3, 0.4) is 0 Å². The van der Waals surface area contributed by atoms with E-state index in [-0.39, 0.29) is 5.41 Å². The van der Waals surface area contributed by atoms with E-state index in [0.29, 0.717) is 5.92 Å². The Balaban J connectivity index is 1.57. The van der Waals surface area contributed by atoms with Gasteiger partial charge in [0.15, 0.2) is 0 Å². The number of hydrogen-bond donors (Lipinski definition) is 2. The molecule has 182 valence electrons. The molecule has 1 aliphatic rings. The summed E-state index contributed by atoms with van der Waals surface area (Å²) in [5.74, 6) is 0.439. The summed E-state index contributed by atoms with van der Waals surface area (Å²) < 4.78 is 2.09. The molecule has 1 aromatic carbocycles. The minimum Gasteiger partial charge on any atom is -0.380 e. The maximum atomic E-state index is 12.5. The first-order valence-electron chi connectivity index (χ1n) is 12.3. The van der Waals surface area contributed by atoms with Crippen LogP contribution in [0.1, 0.15) is 48.9 Å². The predicted octanol–water partition coefficient (Wildman–Crippen LogP) is 5.10. The molecule has 0 saturated carbocycles. The second kappa shape index (κ2) is 8.47. The van der Waals surface area contributed by atoms with Crippen LogP contribution in [0.4, 0.5) is 0 Å². The third kappa shape index (κ3) is 3.91. The summed E-state index contributed by atoms with van der Waals surface area (Å²) in [4.78, 5) is 6.80. The molecule has 2 N–H and O–H groups in total. The summed E-state index contributed by atoms with van der Waals surface area (Å²) in [5.41, 5.74) is 6.37. The largest absolute Gasteiger partial charge is 0.380 e. The van der Waals surface area contributed by atoms with Crippen molar-refractivity contribution in [2.24, 2.45) is 12.5 Å². The fourth-order valence-electron chi connectivity index (χ4n) is 5.72. The zero-order chi connectivity index (χ0) is 25.0. The lowest BCUT2D eigenvalue weighted by Crippen LogP contribution is -2.63. The van der Waals surface area contributed by atoms with E-state index in [1.807, 2.05) is 25.4 Å². The number of hydrogen-bond acceptors (Lipinski definition) is 4. The zero-order valence-corrected chi connectivity index (χ0v) is 21.5. The summed E-state index contributed by atoms with van der Waals surface area (Å²) in [7, 11) is 4.13. The summed E-state index contributed by atoms with van der Waals surface area (Å²) in [5, 5.41) is 20.2. The Morgan fingerprint density at radius 2 is 1.74 bits per heavy atom. The molecule has 5 rings (SSSR count). The van der Waals surface area contributed by atoms with E-state index in [2.05, 4.69) is 95.9 Å². The van der Waals surface area contributed by atoms with E-state index in [1.54, 1.807) is 6.20 Å². The fourth-order valence-corrected chi connectivity index (χ4v) is 5.72. The van der Waals surface area contributed by atoms with Crippen LogP contribution in [0.25, 0.3) is 22.6 Å². The van der Waals surface area contributed by atoms with E-state index < -0.39 is 5.60 Å². The summed E-state index contributed by atoms with van der Waals surface area (Å²) >= 11 is 0. The van der Waals surface area contributed by atoms with Crippen molar-refractivity contribution >= 4 is 0 Å². The highest BCUT2D eigenvalue weighted by molar-refractivity contribution is 5.67. The van der Waals surface area contributed by atoms with Crippen LogP contribution in [0.5, 0.6) is 0 Å². The molecule has 0 aliphatic carbocycles. The Kier molecular flexibility index (Phi) is 5.69. The average molecular weight is 470 g/mol. The average Bonchev–Trinajstić information content (AvgIpc) is 3.43. The fraction of sp³-hybridized carbons (Fsp3) is 0.379. The number of aliphatic hydroxyl groups is 1. The third-order valence-corrected chi connectivity index (χ3v) is 7.55. The highest BCUT2D eigenvalue weighted by Crippen LogP contribution is 2.50. The maximum Gasteiger partial charge on any atom is 0.124 e. The molecule has 1 saturated heterocycles. The normalized spacial score (nSPS) is 17.4. The molecule has 0 amide bonds. The number of aromatic amines is 1. The number of nitrogens with zero attached hydrogens (tertiary/aromatic N) is 4. The molecule has 4 heterocycles. The molecule has 0 spiro atoms.